The Labute approximate surface area is 121 Å². The molecule has 6 heteroatoms. The van der Waals surface area contributed by atoms with Crippen LogP contribution < -0.4 is 5.56 Å². The Bertz CT molecular complexity index is 824. The number of aromatic nitrogens is 3. The molecule has 5 nitrogen and oxygen atoms in total. The van der Waals surface area contributed by atoms with Crippen molar-refractivity contribution < 1.29 is 5.11 Å². The van der Waals surface area contributed by atoms with Crippen LogP contribution in [0.5, 0.6) is 5.88 Å². The van der Waals surface area contributed by atoms with Crippen molar-refractivity contribution in [3.8, 4) is 17.4 Å². The molecule has 0 amide bonds. The van der Waals surface area contributed by atoms with E-state index in [9.17, 15) is 9.90 Å². The van der Waals surface area contributed by atoms with Crippen LogP contribution in [0.3, 0.4) is 0 Å². The van der Waals surface area contributed by atoms with Crippen molar-refractivity contribution in [2.75, 3.05) is 0 Å². The van der Waals surface area contributed by atoms with Gasteiger partial charge in [-0.15, -0.1) is 0 Å². The number of benzene rings is 1. The topological polar surface area (TPSA) is 78.9 Å². The third-order valence-corrected chi connectivity index (χ3v) is 3.72. The molecule has 3 rings (SSSR count). The van der Waals surface area contributed by atoms with Crippen LogP contribution >= 0.6 is 22.6 Å². The lowest BCUT2D eigenvalue weighted by molar-refractivity contribution is 0.447. The fourth-order valence-corrected chi connectivity index (χ4v) is 2.12. The fraction of sp³-hybridized carbons (Fsp3) is 0. The molecule has 2 aromatic heterocycles. The second-order valence-corrected chi connectivity index (χ2v) is 5.01. The van der Waals surface area contributed by atoms with Crippen molar-refractivity contribution in [3.05, 3.63) is 50.5 Å². The molecule has 0 bridgehead atoms. The van der Waals surface area contributed by atoms with Gasteiger partial charge in [0.15, 0.2) is 5.82 Å². The summed E-state index contributed by atoms with van der Waals surface area (Å²) < 4.78 is 0.168. The van der Waals surface area contributed by atoms with Crippen LogP contribution in [-0.2, 0) is 0 Å². The molecule has 0 spiro atoms. The molecule has 2 N–H and O–H groups in total. The van der Waals surface area contributed by atoms with Gasteiger partial charge in [-0.3, -0.25) is 9.78 Å². The van der Waals surface area contributed by atoms with Crippen LogP contribution in [0.4, 0.5) is 0 Å². The molecule has 0 fully saturated rings. The number of aromatic amines is 1. The standard InChI is InChI=1S/C13H8IN3O2/c14-9-12(18)16-11(17-13(9)19)10-8-4-2-1-3-7(8)5-6-15-10/h1-6H,(H2,16,17,18,19). The van der Waals surface area contributed by atoms with Gasteiger partial charge in [0.25, 0.3) is 5.56 Å². The van der Waals surface area contributed by atoms with Crippen molar-refractivity contribution in [2.45, 2.75) is 0 Å². The van der Waals surface area contributed by atoms with Crippen LogP contribution in [0.2, 0.25) is 0 Å². The quantitative estimate of drug-likeness (QED) is 0.649. The molecule has 3 aromatic rings. The summed E-state index contributed by atoms with van der Waals surface area (Å²) in [7, 11) is 0. The minimum absolute atomic E-state index is 0.168. The maximum atomic E-state index is 11.7. The fourth-order valence-electron chi connectivity index (χ4n) is 1.87. The van der Waals surface area contributed by atoms with Crippen molar-refractivity contribution in [3.63, 3.8) is 0 Å². The van der Waals surface area contributed by atoms with Crippen LogP contribution in [0.1, 0.15) is 0 Å². The number of hydrogen-bond donors (Lipinski definition) is 2. The second kappa shape index (κ2) is 4.61. The molecular formula is C13H8IN3O2. The Kier molecular flexibility index (Phi) is 2.94. The van der Waals surface area contributed by atoms with E-state index in [2.05, 4.69) is 15.0 Å². The van der Waals surface area contributed by atoms with Crippen molar-refractivity contribution in [1.82, 2.24) is 15.0 Å². The first-order chi connectivity index (χ1) is 9.16. The third-order valence-electron chi connectivity index (χ3n) is 2.74. The molecule has 0 saturated carbocycles. The minimum Gasteiger partial charge on any atom is -0.492 e. The van der Waals surface area contributed by atoms with E-state index in [1.807, 2.05) is 30.3 Å². The van der Waals surface area contributed by atoms with E-state index < -0.39 is 0 Å². The summed E-state index contributed by atoms with van der Waals surface area (Å²) in [4.78, 5) is 22.5. The van der Waals surface area contributed by atoms with Gasteiger partial charge >= 0.3 is 0 Å². The maximum absolute atomic E-state index is 11.7. The lowest BCUT2D eigenvalue weighted by Gasteiger charge is -2.05. The molecule has 19 heavy (non-hydrogen) atoms. The third kappa shape index (κ3) is 2.07. The van der Waals surface area contributed by atoms with Gasteiger partial charge in [0.05, 0.1) is 0 Å². The molecule has 2 heterocycles. The van der Waals surface area contributed by atoms with E-state index >= 15 is 0 Å². The zero-order valence-corrected chi connectivity index (χ0v) is 11.7. The number of rotatable bonds is 1. The summed E-state index contributed by atoms with van der Waals surface area (Å²) >= 11 is 1.75. The van der Waals surface area contributed by atoms with Gasteiger partial charge in [-0.05, 0) is 34.0 Å². The first-order valence-electron chi connectivity index (χ1n) is 5.50. The lowest BCUT2D eigenvalue weighted by atomic mass is 10.1. The molecule has 0 saturated heterocycles. The maximum Gasteiger partial charge on any atom is 0.268 e. The summed E-state index contributed by atoms with van der Waals surface area (Å²) in [6.45, 7) is 0. The molecule has 1 aromatic carbocycles. The van der Waals surface area contributed by atoms with Crippen LogP contribution in [-0.4, -0.2) is 20.1 Å². The normalized spacial score (nSPS) is 10.8. The van der Waals surface area contributed by atoms with Crippen LogP contribution in [0, 0.1) is 3.57 Å². The first kappa shape index (κ1) is 12.1. The van der Waals surface area contributed by atoms with Crippen LogP contribution in [0.25, 0.3) is 22.3 Å². The van der Waals surface area contributed by atoms with E-state index in [1.165, 1.54) is 0 Å². The second-order valence-electron chi connectivity index (χ2n) is 3.93. The van der Waals surface area contributed by atoms with Gasteiger partial charge in [-0.2, -0.15) is 4.98 Å². The van der Waals surface area contributed by atoms with E-state index in [-0.39, 0.29) is 20.8 Å². The van der Waals surface area contributed by atoms with Gasteiger partial charge in [0.1, 0.15) is 9.26 Å². The molecule has 0 atom stereocenters. The van der Waals surface area contributed by atoms with Gasteiger partial charge in [0, 0.05) is 11.6 Å². The number of pyridine rings is 1. The number of fused-ring (bicyclic) bond motifs is 1. The summed E-state index contributed by atoms with van der Waals surface area (Å²) in [5.41, 5.74) is 0.166. The molecule has 0 aliphatic heterocycles. The summed E-state index contributed by atoms with van der Waals surface area (Å²) in [6.07, 6.45) is 1.65. The van der Waals surface area contributed by atoms with E-state index in [4.69, 9.17) is 0 Å². The van der Waals surface area contributed by atoms with Crippen molar-refractivity contribution in [2.24, 2.45) is 0 Å². The Balaban J connectivity index is 2.34. The van der Waals surface area contributed by atoms with Crippen molar-refractivity contribution >= 4 is 33.4 Å². The highest BCUT2D eigenvalue weighted by atomic mass is 127. The van der Waals surface area contributed by atoms with E-state index in [0.717, 1.165) is 10.8 Å². The Morgan fingerprint density at radius 1 is 1.21 bits per heavy atom. The molecule has 0 aliphatic rings. The average molecular weight is 365 g/mol. The molecule has 0 unspecified atom stereocenters. The van der Waals surface area contributed by atoms with Gasteiger partial charge in [-0.25, -0.2) is 0 Å². The molecule has 0 aliphatic carbocycles. The predicted octanol–water partition coefficient (Wildman–Crippen LogP) is 2.30. The molecular weight excluding hydrogens is 357 g/mol. The van der Waals surface area contributed by atoms with Gasteiger partial charge in [0.2, 0.25) is 5.88 Å². The Morgan fingerprint density at radius 3 is 2.79 bits per heavy atom. The Morgan fingerprint density at radius 2 is 2.00 bits per heavy atom. The smallest absolute Gasteiger partial charge is 0.268 e. The number of halogens is 1. The number of hydrogen-bond acceptors (Lipinski definition) is 4. The minimum atomic E-state index is -0.377. The zero-order valence-electron chi connectivity index (χ0n) is 9.59. The number of aromatic hydroxyl groups is 1. The zero-order chi connectivity index (χ0) is 13.4. The van der Waals surface area contributed by atoms with Gasteiger partial charge in [-0.1, -0.05) is 24.3 Å². The highest BCUT2D eigenvalue weighted by molar-refractivity contribution is 14.1. The highest BCUT2D eigenvalue weighted by Gasteiger charge is 2.12. The number of nitrogens with one attached hydrogen (secondary N) is 1. The van der Waals surface area contributed by atoms with E-state index in [1.54, 1.807) is 28.8 Å². The van der Waals surface area contributed by atoms with Crippen molar-refractivity contribution in [1.29, 1.82) is 0 Å². The number of nitrogens with zero attached hydrogens (tertiary/aromatic N) is 2. The molecule has 94 valence electrons. The first-order valence-corrected chi connectivity index (χ1v) is 6.57. The highest BCUT2D eigenvalue weighted by Crippen LogP contribution is 2.24. The lowest BCUT2D eigenvalue weighted by Crippen LogP contribution is -2.12. The Hall–Kier alpha value is -1.96. The SMILES string of the molecule is O=c1[nH]c(-c2nccc3ccccc23)nc(O)c1I. The summed E-state index contributed by atoms with van der Waals surface area (Å²) in [6, 6.07) is 9.53. The van der Waals surface area contributed by atoms with Gasteiger partial charge < -0.3 is 10.1 Å². The molecule has 0 radical (unpaired) electrons. The average Bonchev–Trinajstić information content (AvgIpc) is 2.43. The summed E-state index contributed by atoms with van der Waals surface area (Å²) in [5, 5.41) is 11.5. The largest absolute Gasteiger partial charge is 0.492 e. The monoisotopic (exact) mass is 365 g/mol. The van der Waals surface area contributed by atoms with E-state index in [0.29, 0.717) is 5.69 Å². The number of H-pyrrole nitrogens is 1. The summed E-state index contributed by atoms with van der Waals surface area (Å²) in [5.74, 6) is -0.0196. The van der Waals surface area contributed by atoms with Crippen LogP contribution in [0.15, 0.2) is 41.3 Å². The predicted molar refractivity (Wildman–Crippen MR) is 80.0 cm³/mol.